The molecule has 8 heteroatoms. The van der Waals surface area contributed by atoms with Gasteiger partial charge in [-0.1, -0.05) is 41.7 Å². The molecule has 0 heterocycles. The largest absolute Gasteiger partial charge is 0.409 e. The Hall–Kier alpha value is -1.31. The lowest BCUT2D eigenvalue weighted by Gasteiger charge is -2.27. The molecule has 0 atom stereocenters. The van der Waals surface area contributed by atoms with Crippen molar-refractivity contribution < 1.29 is 13.6 Å². The van der Waals surface area contributed by atoms with Crippen LogP contribution in [0.3, 0.4) is 0 Å². The third kappa shape index (κ3) is 3.48. The normalized spacial score (nSPS) is 17.5. The van der Waals surface area contributed by atoms with E-state index in [2.05, 4.69) is 5.16 Å². The lowest BCUT2D eigenvalue weighted by atomic mass is 10.2. The van der Waals surface area contributed by atoms with Crippen molar-refractivity contribution in [1.82, 2.24) is 4.31 Å². The number of nitrogens with two attached hydrogens (primary N) is 1. The highest BCUT2D eigenvalue weighted by Gasteiger charge is 2.34. The van der Waals surface area contributed by atoms with Gasteiger partial charge in [-0.3, -0.25) is 0 Å². The van der Waals surface area contributed by atoms with E-state index in [0.717, 1.165) is 25.7 Å². The molecule has 0 spiro atoms. The van der Waals surface area contributed by atoms with E-state index in [4.69, 9.17) is 22.5 Å². The molecule has 1 fully saturated rings. The highest BCUT2D eigenvalue weighted by atomic mass is 35.5. The molecule has 0 amide bonds. The van der Waals surface area contributed by atoms with Crippen LogP contribution in [0.5, 0.6) is 0 Å². The maximum Gasteiger partial charge on any atom is 0.245 e. The molecule has 1 aliphatic carbocycles. The van der Waals surface area contributed by atoms with Gasteiger partial charge in [0, 0.05) is 6.04 Å². The van der Waals surface area contributed by atoms with Crippen LogP contribution < -0.4 is 5.73 Å². The van der Waals surface area contributed by atoms with Crippen LogP contribution in [-0.4, -0.2) is 36.4 Å². The molecule has 0 aromatic heterocycles. The predicted molar refractivity (Wildman–Crippen MR) is 81.0 cm³/mol. The Bertz CT molecular complexity index is 627. The molecule has 1 aliphatic rings. The van der Waals surface area contributed by atoms with E-state index < -0.39 is 10.0 Å². The van der Waals surface area contributed by atoms with Gasteiger partial charge in [-0.2, -0.15) is 4.31 Å². The van der Waals surface area contributed by atoms with Crippen molar-refractivity contribution in [3.8, 4) is 0 Å². The number of hydrogen-bond acceptors (Lipinski definition) is 4. The summed E-state index contributed by atoms with van der Waals surface area (Å²) in [7, 11) is -3.79. The molecule has 1 saturated carbocycles. The Labute approximate surface area is 129 Å². The Morgan fingerprint density at radius 2 is 2.00 bits per heavy atom. The van der Waals surface area contributed by atoms with Gasteiger partial charge in [-0.25, -0.2) is 8.42 Å². The number of oxime groups is 1. The molecular formula is C13H18ClN3O3S. The number of sulfonamides is 1. The van der Waals surface area contributed by atoms with E-state index >= 15 is 0 Å². The number of halogens is 1. The van der Waals surface area contributed by atoms with Crippen molar-refractivity contribution in [2.45, 2.75) is 36.6 Å². The average Bonchev–Trinajstić information content (AvgIpc) is 2.98. The summed E-state index contributed by atoms with van der Waals surface area (Å²) in [5.41, 5.74) is 5.52. The molecule has 3 N–H and O–H groups in total. The number of nitrogens with zero attached hydrogens (tertiary/aromatic N) is 2. The zero-order chi connectivity index (χ0) is 15.5. The van der Waals surface area contributed by atoms with Gasteiger partial charge in [-0.15, -0.1) is 0 Å². The smallest absolute Gasteiger partial charge is 0.245 e. The summed E-state index contributed by atoms with van der Waals surface area (Å²) in [4.78, 5) is 0.0457. The van der Waals surface area contributed by atoms with Crippen LogP contribution in [0.15, 0.2) is 34.3 Å². The quantitative estimate of drug-likeness (QED) is 0.373. The minimum absolute atomic E-state index is 0.0457. The van der Waals surface area contributed by atoms with Crippen LogP contribution >= 0.6 is 11.6 Å². The van der Waals surface area contributed by atoms with Crippen LogP contribution in [-0.2, 0) is 10.0 Å². The molecule has 1 aromatic carbocycles. The van der Waals surface area contributed by atoms with Crippen molar-refractivity contribution in [3.63, 3.8) is 0 Å². The second-order valence-electron chi connectivity index (χ2n) is 5.01. The minimum atomic E-state index is -3.79. The highest BCUT2D eigenvalue weighted by Crippen LogP contribution is 2.31. The van der Waals surface area contributed by atoms with Crippen molar-refractivity contribution >= 4 is 27.5 Å². The topological polar surface area (TPSA) is 96.0 Å². The molecule has 1 aromatic rings. The van der Waals surface area contributed by atoms with E-state index in [9.17, 15) is 8.42 Å². The molecule has 21 heavy (non-hydrogen) atoms. The fourth-order valence-electron chi connectivity index (χ4n) is 2.57. The first-order valence-electron chi connectivity index (χ1n) is 6.69. The SMILES string of the molecule is NC(CN(C1CCCC1)S(=O)(=O)c1ccccc1Cl)=NO. The maximum atomic E-state index is 12.8. The van der Waals surface area contributed by atoms with Crippen molar-refractivity contribution in [2.24, 2.45) is 10.9 Å². The van der Waals surface area contributed by atoms with Gasteiger partial charge in [0.2, 0.25) is 10.0 Å². The average molecular weight is 332 g/mol. The van der Waals surface area contributed by atoms with Crippen LogP contribution in [0.4, 0.5) is 0 Å². The van der Waals surface area contributed by atoms with E-state index in [-0.39, 0.29) is 28.3 Å². The summed E-state index contributed by atoms with van der Waals surface area (Å²) in [5.74, 6) is -0.141. The number of rotatable bonds is 5. The van der Waals surface area contributed by atoms with Gasteiger partial charge >= 0.3 is 0 Å². The highest BCUT2D eigenvalue weighted by molar-refractivity contribution is 7.89. The Kier molecular flexibility index (Phi) is 5.08. The Morgan fingerprint density at radius 1 is 1.38 bits per heavy atom. The van der Waals surface area contributed by atoms with Gasteiger partial charge in [0.15, 0.2) is 5.84 Å². The fourth-order valence-corrected chi connectivity index (χ4v) is 4.73. The van der Waals surface area contributed by atoms with Gasteiger partial charge in [0.05, 0.1) is 11.6 Å². The molecule has 0 saturated heterocycles. The summed E-state index contributed by atoms with van der Waals surface area (Å²) in [5, 5.41) is 11.8. The lowest BCUT2D eigenvalue weighted by molar-refractivity contribution is 0.308. The van der Waals surface area contributed by atoms with E-state index in [0.29, 0.717) is 0 Å². The van der Waals surface area contributed by atoms with Crippen molar-refractivity contribution in [3.05, 3.63) is 29.3 Å². The van der Waals surface area contributed by atoms with E-state index in [1.807, 2.05) is 0 Å². The maximum absolute atomic E-state index is 12.8. The Balaban J connectivity index is 2.41. The number of benzene rings is 1. The second kappa shape index (κ2) is 6.64. The first kappa shape index (κ1) is 16.1. The molecule has 116 valence electrons. The summed E-state index contributed by atoms with van der Waals surface area (Å²) >= 11 is 6.01. The van der Waals surface area contributed by atoms with Crippen molar-refractivity contribution in [1.29, 1.82) is 0 Å². The molecule has 0 radical (unpaired) electrons. The van der Waals surface area contributed by atoms with Gasteiger partial charge in [0.1, 0.15) is 4.90 Å². The zero-order valence-electron chi connectivity index (χ0n) is 11.4. The van der Waals surface area contributed by atoms with Crippen LogP contribution in [0.2, 0.25) is 5.02 Å². The monoisotopic (exact) mass is 331 g/mol. The first-order chi connectivity index (χ1) is 9.96. The summed E-state index contributed by atoms with van der Waals surface area (Å²) in [6, 6.07) is 6.14. The van der Waals surface area contributed by atoms with Gasteiger partial charge in [0.25, 0.3) is 0 Å². The van der Waals surface area contributed by atoms with Gasteiger partial charge in [-0.05, 0) is 25.0 Å². The summed E-state index contributed by atoms with van der Waals surface area (Å²) < 4.78 is 27.0. The number of amidine groups is 1. The minimum Gasteiger partial charge on any atom is -0.409 e. The molecule has 0 unspecified atom stereocenters. The second-order valence-corrected chi connectivity index (χ2v) is 7.28. The zero-order valence-corrected chi connectivity index (χ0v) is 13.0. The Morgan fingerprint density at radius 3 is 2.57 bits per heavy atom. The summed E-state index contributed by atoms with van der Waals surface area (Å²) in [6.45, 7) is -0.144. The van der Waals surface area contributed by atoms with Crippen LogP contribution in [0, 0.1) is 0 Å². The van der Waals surface area contributed by atoms with Crippen molar-refractivity contribution in [2.75, 3.05) is 6.54 Å². The molecule has 0 aliphatic heterocycles. The van der Waals surface area contributed by atoms with E-state index in [1.165, 1.54) is 16.4 Å². The molecular weight excluding hydrogens is 314 g/mol. The number of hydrogen-bond donors (Lipinski definition) is 2. The third-order valence-electron chi connectivity index (χ3n) is 3.60. The van der Waals surface area contributed by atoms with Crippen LogP contribution in [0.25, 0.3) is 0 Å². The van der Waals surface area contributed by atoms with E-state index in [1.54, 1.807) is 12.1 Å². The van der Waals surface area contributed by atoms with Crippen LogP contribution in [0.1, 0.15) is 25.7 Å². The third-order valence-corrected chi connectivity index (χ3v) is 6.00. The van der Waals surface area contributed by atoms with Gasteiger partial charge < -0.3 is 10.9 Å². The predicted octanol–water partition coefficient (Wildman–Crippen LogP) is 2.02. The fraction of sp³-hybridized carbons (Fsp3) is 0.462. The first-order valence-corrected chi connectivity index (χ1v) is 8.51. The molecule has 0 bridgehead atoms. The molecule has 6 nitrogen and oxygen atoms in total. The summed E-state index contributed by atoms with van der Waals surface area (Å²) in [6.07, 6.45) is 3.47. The molecule has 2 rings (SSSR count). The standard InChI is InChI=1S/C13H18ClN3O3S/c14-11-7-3-4-8-12(11)21(19,20)17(9-13(15)16-18)10-5-1-2-6-10/h3-4,7-8,10,18H,1-2,5-6,9H2,(H2,15,16). The lowest BCUT2D eigenvalue weighted by Crippen LogP contribution is -2.44.